The van der Waals surface area contributed by atoms with Crippen LogP contribution < -0.4 is 0 Å². The summed E-state index contributed by atoms with van der Waals surface area (Å²) in [6.07, 6.45) is 75.0. The Bertz CT molecular complexity index is 1760. The van der Waals surface area contributed by atoms with E-state index in [0.29, 0.717) is 19.3 Å². The van der Waals surface area contributed by atoms with Gasteiger partial charge < -0.3 is 24.2 Å². The van der Waals surface area contributed by atoms with Crippen LogP contribution in [0.1, 0.15) is 265 Å². The second kappa shape index (κ2) is 61.2. The molecule has 12 heteroatoms. The van der Waals surface area contributed by atoms with E-state index in [1.807, 2.05) is 12.2 Å². The highest BCUT2D eigenvalue weighted by molar-refractivity contribution is 7.47. The van der Waals surface area contributed by atoms with Crippen molar-refractivity contribution < 1.29 is 52.2 Å². The molecule has 0 aliphatic heterocycles. The van der Waals surface area contributed by atoms with Crippen LogP contribution in [0.2, 0.25) is 0 Å². The molecular formula is C68H115O11P. The normalized spacial score (nSPS) is 14.0. The lowest BCUT2D eigenvalue weighted by Crippen LogP contribution is -2.30. The van der Waals surface area contributed by atoms with Crippen LogP contribution in [-0.2, 0) is 42.2 Å². The molecule has 0 aliphatic rings. The first-order valence-corrected chi connectivity index (χ1v) is 33.3. The molecule has 0 fully saturated rings. The largest absolute Gasteiger partial charge is 0.472 e. The summed E-state index contributed by atoms with van der Waals surface area (Å²) in [5, 5.41) is 9.86. The minimum atomic E-state index is -4.78. The number of carbonyl (C=O) groups excluding carboxylic acids is 3. The number of hydrogen-bond donors (Lipinski definition) is 2. The number of allylic oxidation sites excluding steroid dienone is 17. The van der Waals surface area contributed by atoms with Crippen molar-refractivity contribution in [2.45, 2.75) is 277 Å². The SMILES string of the molecule is CC/C=C\C/C=C\C/C=C\C/C=C\C/C=C\CC(=O)OCC(COP(=O)(O)OCC(CO)OC(=O)CCCCCCCCCCCCCCCCCCCCC)OC(=O)CCCCCCCC/C=C\C/C=C\C/C=C\C/C=C\CC. The molecular weight excluding hydrogens is 1020 g/mol. The Kier molecular flexibility index (Phi) is 58.3. The lowest BCUT2D eigenvalue weighted by molar-refractivity contribution is -0.161. The van der Waals surface area contributed by atoms with E-state index in [-0.39, 0.29) is 19.3 Å². The number of unbranched alkanes of at least 4 members (excludes halogenated alkanes) is 24. The van der Waals surface area contributed by atoms with Crippen molar-refractivity contribution in [1.29, 1.82) is 0 Å². The zero-order valence-corrected chi connectivity index (χ0v) is 51.7. The Balaban J connectivity index is 4.76. The van der Waals surface area contributed by atoms with Crippen molar-refractivity contribution in [3.8, 4) is 0 Å². The first-order chi connectivity index (χ1) is 39.2. The molecule has 458 valence electrons. The van der Waals surface area contributed by atoms with Gasteiger partial charge in [0.2, 0.25) is 0 Å². The van der Waals surface area contributed by atoms with Crippen LogP contribution in [0, 0.1) is 0 Å². The first-order valence-electron chi connectivity index (χ1n) is 31.8. The predicted molar refractivity (Wildman–Crippen MR) is 334 cm³/mol. The number of ether oxygens (including phenoxy) is 3. The molecule has 80 heavy (non-hydrogen) atoms. The molecule has 3 atom stereocenters. The summed E-state index contributed by atoms with van der Waals surface area (Å²) in [5.74, 6) is -1.63. The van der Waals surface area contributed by atoms with Crippen molar-refractivity contribution in [2.75, 3.05) is 26.4 Å². The highest BCUT2D eigenvalue weighted by atomic mass is 31.2. The fraction of sp³-hybridized carbons (Fsp3) is 0.691. The number of rotatable bonds is 58. The van der Waals surface area contributed by atoms with Gasteiger partial charge in [-0.15, -0.1) is 0 Å². The molecule has 0 saturated carbocycles. The Morgan fingerprint density at radius 3 is 1.06 bits per heavy atom. The fourth-order valence-corrected chi connectivity index (χ4v) is 9.26. The molecule has 2 N–H and O–H groups in total. The topological polar surface area (TPSA) is 155 Å². The summed E-state index contributed by atoms with van der Waals surface area (Å²) in [6.45, 7) is 4.32. The molecule has 0 amide bonds. The van der Waals surface area contributed by atoms with Gasteiger partial charge in [-0.2, -0.15) is 0 Å². The Morgan fingerprint density at radius 2 is 0.688 bits per heavy atom. The van der Waals surface area contributed by atoms with Crippen LogP contribution in [0.4, 0.5) is 0 Å². The van der Waals surface area contributed by atoms with E-state index in [9.17, 15) is 28.9 Å². The van der Waals surface area contributed by atoms with Gasteiger partial charge in [0, 0.05) is 12.8 Å². The molecule has 0 aromatic carbocycles. The van der Waals surface area contributed by atoms with Crippen LogP contribution in [0.15, 0.2) is 109 Å². The van der Waals surface area contributed by atoms with E-state index in [2.05, 4.69) is 112 Å². The minimum absolute atomic E-state index is 0.0130. The van der Waals surface area contributed by atoms with Crippen LogP contribution in [-0.4, -0.2) is 66.5 Å². The van der Waals surface area contributed by atoms with Gasteiger partial charge >= 0.3 is 25.7 Å². The van der Waals surface area contributed by atoms with E-state index >= 15 is 0 Å². The minimum Gasteiger partial charge on any atom is -0.461 e. The Morgan fingerprint density at radius 1 is 0.375 bits per heavy atom. The summed E-state index contributed by atoms with van der Waals surface area (Å²) in [5.41, 5.74) is 0. The summed E-state index contributed by atoms with van der Waals surface area (Å²) < 4.78 is 39.5. The Labute approximate surface area is 488 Å². The number of hydrogen-bond acceptors (Lipinski definition) is 10. The molecule has 0 aromatic heterocycles. The average molecular weight is 1140 g/mol. The van der Waals surface area contributed by atoms with E-state index in [1.165, 1.54) is 96.3 Å². The number of carbonyl (C=O) groups is 3. The van der Waals surface area contributed by atoms with Crippen LogP contribution >= 0.6 is 7.82 Å². The van der Waals surface area contributed by atoms with Gasteiger partial charge in [0.05, 0.1) is 26.2 Å². The number of phosphoric ester groups is 1. The van der Waals surface area contributed by atoms with Gasteiger partial charge in [-0.3, -0.25) is 23.4 Å². The third-order valence-corrected chi connectivity index (χ3v) is 14.2. The molecule has 0 radical (unpaired) electrons. The monoisotopic (exact) mass is 1140 g/mol. The van der Waals surface area contributed by atoms with Crippen LogP contribution in [0.25, 0.3) is 0 Å². The molecule has 0 saturated heterocycles. The quantitative estimate of drug-likeness (QED) is 0.0197. The van der Waals surface area contributed by atoms with Crippen molar-refractivity contribution in [1.82, 2.24) is 0 Å². The van der Waals surface area contributed by atoms with E-state index in [4.69, 9.17) is 23.3 Å². The van der Waals surface area contributed by atoms with Crippen LogP contribution in [0.3, 0.4) is 0 Å². The average Bonchev–Trinajstić information content (AvgIpc) is 3.45. The van der Waals surface area contributed by atoms with Gasteiger partial charge in [0.1, 0.15) is 12.7 Å². The predicted octanol–water partition coefficient (Wildman–Crippen LogP) is 19.4. The van der Waals surface area contributed by atoms with E-state index in [0.717, 1.165) is 109 Å². The maximum atomic E-state index is 12.9. The Hall–Kier alpha value is -3.86. The van der Waals surface area contributed by atoms with E-state index in [1.54, 1.807) is 6.08 Å². The highest BCUT2D eigenvalue weighted by Gasteiger charge is 2.28. The van der Waals surface area contributed by atoms with Gasteiger partial charge in [0.15, 0.2) is 6.10 Å². The second-order valence-electron chi connectivity index (χ2n) is 20.8. The molecule has 0 heterocycles. The second-order valence-corrected chi connectivity index (χ2v) is 22.3. The van der Waals surface area contributed by atoms with Gasteiger partial charge in [0.25, 0.3) is 0 Å². The number of esters is 3. The molecule has 3 unspecified atom stereocenters. The standard InChI is InChI=1S/C68H115O11P/c1-4-7-10-13-16-19-22-25-28-30-32-34-37-40-43-46-49-52-55-58-67(71)78-64(60-69)62-76-80(73,74)77-63-65(61-75-66(70)57-54-51-48-45-42-39-36-27-24-21-18-15-12-9-6-3)79-68(72)59-56-53-50-47-44-41-38-35-33-31-29-26-23-20-17-14-11-8-5-2/h8-9,11-12,17-18,20-21,26-27,29,33,35-36,42,45,51,54,64-65,69H,4-7,10,13-16,19,22-25,28,30-32,34,37-41,43-44,46-50,52-53,55-63H2,1-3H3,(H,73,74)/b11-8-,12-9-,20-17-,21-18-,29-26-,35-33-,36-27-,45-42-,54-51-. The zero-order chi connectivity index (χ0) is 58.3. The maximum absolute atomic E-state index is 12.9. The number of phosphoric acid groups is 1. The number of aliphatic hydroxyl groups excluding tert-OH is 1. The summed E-state index contributed by atoms with van der Waals surface area (Å²) in [6, 6.07) is 0. The molecule has 0 bridgehead atoms. The smallest absolute Gasteiger partial charge is 0.461 e. The molecule has 0 rings (SSSR count). The molecule has 0 spiro atoms. The molecule has 0 aromatic rings. The lowest BCUT2D eigenvalue weighted by Gasteiger charge is -2.21. The van der Waals surface area contributed by atoms with Crippen molar-refractivity contribution >= 4 is 25.7 Å². The third kappa shape index (κ3) is 58.8. The summed E-state index contributed by atoms with van der Waals surface area (Å²) >= 11 is 0. The van der Waals surface area contributed by atoms with Crippen LogP contribution in [0.5, 0.6) is 0 Å². The van der Waals surface area contributed by atoms with Crippen molar-refractivity contribution in [3.05, 3.63) is 109 Å². The molecule has 11 nitrogen and oxygen atoms in total. The number of aliphatic hydroxyl groups is 1. The van der Waals surface area contributed by atoms with Crippen molar-refractivity contribution in [3.63, 3.8) is 0 Å². The zero-order valence-electron chi connectivity index (χ0n) is 50.8. The molecule has 0 aliphatic carbocycles. The highest BCUT2D eigenvalue weighted by Crippen LogP contribution is 2.43. The van der Waals surface area contributed by atoms with Gasteiger partial charge in [-0.1, -0.05) is 271 Å². The fourth-order valence-electron chi connectivity index (χ4n) is 8.48. The van der Waals surface area contributed by atoms with Gasteiger partial charge in [-0.05, 0) is 83.5 Å². The third-order valence-electron chi connectivity index (χ3n) is 13.2. The van der Waals surface area contributed by atoms with E-state index < -0.39 is 64.4 Å². The summed E-state index contributed by atoms with van der Waals surface area (Å²) in [4.78, 5) is 48.7. The summed E-state index contributed by atoms with van der Waals surface area (Å²) in [7, 11) is -4.78. The maximum Gasteiger partial charge on any atom is 0.472 e. The van der Waals surface area contributed by atoms with Crippen molar-refractivity contribution in [2.24, 2.45) is 0 Å². The van der Waals surface area contributed by atoms with Gasteiger partial charge in [-0.25, -0.2) is 4.57 Å². The lowest BCUT2D eigenvalue weighted by atomic mass is 10.0. The first kappa shape index (κ1) is 76.1.